The van der Waals surface area contributed by atoms with E-state index in [0.717, 1.165) is 6.20 Å². The molecule has 0 saturated heterocycles. The van der Waals surface area contributed by atoms with E-state index in [4.69, 9.17) is 9.47 Å². The lowest BCUT2D eigenvalue weighted by Crippen LogP contribution is -2.35. The van der Waals surface area contributed by atoms with Crippen molar-refractivity contribution in [2.24, 2.45) is 0 Å². The van der Waals surface area contributed by atoms with Crippen LogP contribution in [0.4, 0.5) is 10.2 Å². The second-order valence-electron chi connectivity index (χ2n) is 4.65. The molecule has 0 radical (unpaired) electrons. The van der Waals surface area contributed by atoms with Crippen molar-refractivity contribution in [1.29, 1.82) is 0 Å². The number of pyridine rings is 1. The molecule has 0 aliphatic carbocycles. The van der Waals surface area contributed by atoms with Gasteiger partial charge in [0, 0.05) is 0 Å². The highest BCUT2D eigenvalue weighted by atomic mass is 19.1. The van der Waals surface area contributed by atoms with Gasteiger partial charge in [0.15, 0.2) is 6.61 Å². The summed E-state index contributed by atoms with van der Waals surface area (Å²) in [5.41, 5.74) is 0. The summed E-state index contributed by atoms with van der Waals surface area (Å²) in [4.78, 5) is 26.9. The van der Waals surface area contributed by atoms with E-state index >= 15 is 0 Å². The molecule has 2 N–H and O–H groups in total. The molecule has 7 nitrogen and oxygen atoms in total. The molecular weight excluding hydrogens is 317 g/mol. The van der Waals surface area contributed by atoms with Crippen LogP contribution in [0, 0.1) is 5.82 Å². The predicted octanol–water partition coefficient (Wildman–Crippen LogP) is 1.36. The van der Waals surface area contributed by atoms with Crippen LogP contribution < -0.4 is 20.1 Å². The summed E-state index contributed by atoms with van der Waals surface area (Å²) in [5, 5.41) is 4.83. The zero-order chi connectivity index (χ0) is 17.4. The SMILES string of the molecule is COc1ccc(OCC(=O)NCC(=O)Nc2ccc(F)cn2)cc1. The fourth-order valence-electron chi connectivity index (χ4n) is 1.69. The molecule has 0 saturated carbocycles. The molecule has 0 aliphatic heterocycles. The summed E-state index contributed by atoms with van der Waals surface area (Å²) in [7, 11) is 1.55. The van der Waals surface area contributed by atoms with Gasteiger partial charge >= 0.3 is 0 Å². The smallest absolute Gasteiger partial charge is 0.258 e. The average Bonchev–Trinajstić information content (AvgIpc) is 2.60. The first-order valence-electron chi connectivity index (χ1n) is 7.02. The lowest BCUT2D eigenvalue weighted by atomic mass is 10.3. The highest BCUT2D eigenvalue weighted by Crippen LogP contribution is 2.16. The molecule has 2 rings (SSSR count). The molecule has 0 fully saturated rings. The quantitative estimate of drug-likeness (QED) is 0.799. The molecule has 0 aliphatic rings. The molecule has 2 amide bonds. The Labute approximate surface area is 137 Å². The molecule has 24 heavy (non-hydrogen) atoms. The molecule has 1 heterocycles. The van der Waals surface area contributed by atoms with Crippen molar-refractivity contribution in [3.63, 3.8) is 0 Å². The van der Waals surface area contributed by atoms with Gasteiger partial charge in [0.25, 0.3) is 5.91 Å². The van der Waals surface area contributed by atoms with Crippen molar-refractivity contribution in [2.45, 2.75) is 0 Å². The Hall–Kier alpha value is -3.16. The number of hydrogen-bond donors (Lipinski definition) is 2. The van der Waals surface area contributed by atoms with Crippen molar-refractivity contribution < 1.29 is 23.5 Å². The van der Waals surface area contributed by atoms with Crippen LogP contribution in [0.3, 0.4) is 0 Å². The van der Waals surface area contributed by atoms with Gasteiger partial charge in [0.1, 0.15) is 23.1 Å². The minimum atomic E-state index is -0.503. The highest BCUT2D eigenvalue weighted by Gasteiger charge is 2.07. The third kappa shape index (κ3) is 5.56. The van der Waals surface area contributed by atoms with Gasteiger partial charge in [0.05, 0.1) is 19.9 Å². The van der Waals surface area contributed by atoms with E-state index in [9.17, 15) is 14.0 Å². The van der Waals surface area contributed by atoms with Crippen LogP contribution in [0.2, 0.25) is 0 Å². The average molecular weight is 333 g/mol. The topological polar surface area (TPSA) is 89.5 Å². The zero-order valence-corrected chi connectivity index (χ0v) is 12.9. The van der Waals surface area contributed by atoms with Crippen LogP contribution in [0.1, 0.15) is 0 Å². The number of ether oxygens (including phenoxy) is 2. The molecule has 0 unspecified atom stereocenters. The van der Waals surface area contributed by atoms with Gasteiger partial charge in [0.2, 0.25) is 5.91 Å². The minimum absolute atomic E-state index is 0.199. The van der Waals surface area contributed by atoms with E-state index in [1.807, 2.05) is 0 Å². The van der Waals surface area contributed by atoms with Crippen molar-refractivity contribution in [2.75, 3.05) is 25.6 Å². The Kier molecular flexibility index (Phi) is 6.07. The number of hydrogen-bond acceptors (Lipinski definition) is 5. The minimum Gasteiger partial charge on any atom is -0.497 e. The fourth-order valence-corrected chi connectivity index (χ4v) is 1.69. The van der Waals surface area contributed by atoms with Crippen molar-refractivity contribution in [3.05, 3.63) is 48.4 Å². The maximum Gasteiger partial charge on any atom is 0.258 e. The number of nitrogens with zero attached hydrogens (tertiary/aromatic N) is 1. The lowest BCUT2D eigenvalue weighted by molar-refractivity contribution is -0.125. The monoisotopic (exact) mass is 333 g/mol. The maximum atomic E-state index is 12.7. The molecule has 2 aromatic rings. The van der Waals surface area contributed by atoms with E-state index in [2.05, 4.69) is 15.6 Å². The fraction of sp³-hybridized carbons (Fsp3) is 0.188. The maximum absolute atomic E-state index is 12.7. The van der Waals surface area contributed by atoms with Crippen molar-refractivity contribution in [3.8, 4) is 11.5 Å². The Bertz CT molecular complexity index is 689. The van der Waals surface area contributed by atoms with Gasteiger partial charge in [-0.15, -0.1) is 0 Å². The van der Waals surface area contributed by atoms with Crippen LogP contribution in [0.15, 0.2) is 42.6 Å². The Morgan fingerprint density at radius 1 is 1.08 bits per heavy atom. The summed E-state index contributed by atoms with van der Waals surface area (Å²) in [6, 6.07) is 9.23. The second-order valence-corrected chi connectivity index (χ2v) is 4.65. The van der Waals surface area contributed by atoms with Gasteiger partial charge in [-0.2, -0.15) is 0 Å². The van der Waals surface area contributed by atoms with Crippen LogP contribution in [0.5, 0.6) is 11.5 Å². The Balaban J connectivity index is 1.70. The van der Waals surface area contributed by atoms with E-state index < -0.39 is 17.6 Å². The summed E-state index contributed by atoms with van der Waals surface area (Å²) < 4.78 is 23.0. The van der Waals surface area contributed by atoms with Crippen LogP contribution >= 0.6 is 0 Å². The summed E-state index contributed by atoms with van der Waals surface area (Å²) in [6.07, 6.45) is 0.983. The first kappa shape index (κ1) is 17.2. The van der Waals surface area contributed by atoms with Gasteiger partial charge in [-0.1, -0.05) is 0 Å². The number of aromatic nitrogens is 1. The summed E-state index contributed by atoms with van der Waals surface area (Å²) >= 11 is 0. The normalized spacial score (nSPS) is 9.92. The Morgan fingerprint density at radius 3 is 2.42 bits per heavy atom. The van der Waals surface area contributed by atoms with E-state index in [1.54, 1.807) is 31.4 Å². The van der Waals surface area contributed by atoms with Gasteiger partial charge in [-0.05, 0) is 36.4 Å². The number of halogens is 1. The number of carbonyl (C=O) groups excluding carboxylic acids is 2. The highest BCUT2D eigenvalue weighted by molar-refractivity contribution is 5.93. The number of benzene rings is 1. The molecule has 126 valence electrons. The second kappa shape index (κ2) is 8.47. The molecule has 0 bridgehead atoms. The van der Waals surface area contributed by atoms with Crippen LogP contribution in [0.25, 0.3) is 0 Å². The van der Waals surface area contributed by atoms with Crippen molar-refractivity contribution >= 4 is 17.6 Å². The molecule has 1 aromatic carbocycles. The Morgan fingerprint density at radius 2 is 1.79 bits per heavy atom. The van der Waals surface area contributed by atoms with Crippen molar-refractivity contribution in [1.82, 2.24) is 10.3 Å². The third-order valence-electron chi connectivity index (χ3n) is 2.87. The largest absolute Gasteiger partial charge is 0.497 e. The van der Waals surface area contributed by atoms with Gasteiger partial charge in [-0.3, -0.25) is 9.59 Å². The molecular formula is C16H16FN3O4. The summed E-state index contributed by atoms with van der Waals surface area (Å²) in [6.45, 7) is -0.474. The number of amides is 2. The lowest BCUT2D eigenvalue weighted by Gasteiger charge is -2.08. The zero-order valence-electron chi connectivity index (χ0n) is 12.9. The molecule has 0 spiro atoms. The predicted molar refractivity (Wildman–Crippen MR) is 84.3 cm³/mol. The summed E-state index contributed by atoms with van der Waals surface area (Å²) in [5.74, 6) is -0.0501. The van der Waals surface area contributed by atoms with Crippen LogP contribution in [-0.2, 0) is 9.59 Å². The van der Waals surface area contributed by atoms with Gasteiger partial charge < -0.3 is 20.1 Å². The third-order valence-corrected chi connectivity index (χ3v) is 2.87. The van der Waals surface area contributed by atoms with Gasteiger partial charge in [-0.25, -0.2) is 9.37 Å². The molecule has 8 heteroatoms. The number of nitrogens with one attached hydrogen (secondary N) is 2. The van der Waals surface area contributed by atoms with E-state index in [-0.39, 0.29) is 19.0 Å². The van der Waals surface area contributed by atoms with E-state index in [0.29, 0.717) is 11.5 Å². The molecule has 0 atom stereocenters. The standard InChI is InChI=1S/C16H16FN3O4/c1-23-12-3-5-13(6-4-12)24-10-16(22)19-9-15(21)20-14-7-2-11(17)8-18-14/h2-8H,9-10H2,1H3,(H,19,22)(H,18,20,21). The van der Waals surface area contributed by atoms with Crippen LogP contribution in [-0.4, -0.2) is 37.1 Å². The first-order chi connectivity index (χ1) is 11.6. The molecule has 1 aromatic heterocycles. The number of carbonyl (C=O) groups is 2. The van der Waals surface area contributed by atoms with E-state index in [1.165, 1.54) is 12.1 Å². The number of methoxy groups -OCH3 is 1. The number of rotatable bonds is 7. The first-order valence-corrected chi connectivity index (χ1v) is 7.02. The number of anilines is 1.